The zero-order valence-electron chi connectivity index (χ0n) is 17.0. The first-order chi connectivity index (χ1) is 14.7. The summed E-state index contributed by atoms with van der Waals surface area (Å²) in [5, 5.41) is 2.63. The molecule has 1 atom stereocenters. The summed E-state index contributed by atoms with van der Waals surface area (Å²) in [6.07, 6.45) is -4.91. The van der Waals surface area contributed by atoms with Crippen LogP contribution < -0.4 is 20.3 Å². The van der Waals surface area contributed by atoms with Crippen LogP contribution in [-0.2, 0) is 11.0 Å². The maximum absolute atomic E-state index is 13.4. The van der Waals surface area contributed by atoms with Gasteiger partial charge in [0.15, 0.2) is 0 Å². The van der Waals surface area contributed by atoms with Crippen molar-refractivity contribution in [2.24, 2.45) is 0 Å². The first kappa shape index (κ1) is 22.1. The molecule has 10 heteroatoms. The summed E-state index contributed by atoms with van der Waals surface area (Å²) in [4.78, 5) is 29.4. The Kier molecular flexibility index (Phi) is 6.19. The average molecular weight is 435 g/mol. The molecule has 1 heterocycles. The maximum atomic E-state index is 13.4. The van der Waals surface area contributed by atoms with Gasteiger partial charge < -0.3 is 14.8 Å². The smallest absolute Gasteiger partial charge is 0.438 e. The number of rotatable bonds is 6. The molecule has 0 aliphatic rings. The Morgan fingerprint density at radius 3 is 2.48 bits per heavy atom. The van der Waals surface area contributed by atoms with Crippen LogP contribution in [0.1, 0.15) is 25.1 Å². The number of methoxy groups -OCH3 is 2. The molecule has 0 aliphatic carbocycles. The van der Waals surface area contributed by atoms with E-state index in [4.69, 9.17) is 9.47 Å². The Balaban J connectivity index is 2.14. The van der Waals surface area contributed by atoms with E-state index < -0.39 is 29.4 Å². The van der Waals surface area contributed by atoms with Crippen molar-refractivity contribution in [3.05, 3.63) is 58.5 Å². The Morgan fingerprint density at radius 2 is 1.87 bits per heavy atom. The van der Waals surface area contributed by atoms with Crippen LogP contribution in [0.4, 0.5) is 18.9 Å². The van der Waals surface area contributed by atoms with Gasteiger partial charge in [-0.15, -0.1) is 0 Å². The van der Waals surface area contributed by atoms with Crippen molar-refractivity contribution < 1.29 is 27.4 Å². The van der Waals surface area contributed by atoms with Gasteiger partial charge in [-0.3, -0.25) is 14.2 Å². The molecular weight excluding hydrogens is 415 g/mol. The van der Waals surface area contributed by atoms with E-state index in [1.807, 2.05) is 0 Å². The second kappa shape index (κ2) is 8.66. The third-order valence-corrected chi connectivity index (χ3v) is 4.73. The maximum Gasteiger partial charge on any atom is 0.438 e. The summed E-state index contributed by atoms with van der Waals surface area (Å²) in [5.74, 6) is 0.0857. The first-order valence-electron chi connectivity index (χ1n) is 9.32. The van der Waals surface area contributed by atoms with Gasteiger partial charge in [-0.1, -0.05) is 19.1 Å². The summed E-state index contributed by atoms with van der Waals surface area (Å²) in [6, 6.07) is 9.36. The molecule has 0 aliphatic heterocycles. The lowest BCUT2D eigenvalue weighted by atomic mass is 10.1. The number of carbonyl (C=O) groups is 1. The van der Waals surface area contributed by atoms with Gasteiger partial charge in [-0.05, 0) is 30.7 Å². The van der Waals surface area contributed by atoms with Gasteiger partial charge in [0.25, 0.3) is 5.56 Å². The number of ether oxygens (including phenoxy) is 2. The van der Waals surface area contributed by atoms with E-state index in [9.17, 15) is 22.8 Å². The van der Waals surface area contributed by atoms with E-state index in [0.29, 0.717) is 11.5 Å². The number of nitrogens with one attached hydrogen (secondary N) is 1. The molecule has 0 saturated carbocycles. The molecule has 0 fully saturated rings. The molecule has 3 rings (SSSR count). The minimum absolute atomic E-state index is 0.0420. The van der Waals surface area contributed by atoms with Gasteiger partial charge >= 0.3 is 6.18 Å². The molecule has 1 N–H and O–H groups in total. The fraction of sp³-hybridized carbons (Fsp3) is 0.286. The zero-order chi connectivity index (χ0) is 22.8. The number of aromatic nitrogens is 2. The first-order valence-corrected chi connectivity index (χ1v) is 9.32. The molecule has 1 aromatic heterocycles. The lowest BCUT2D eigenvalue weighted by Gasteiger charge is -2.22. The van der Waals surface area contributed by atoms with E-state index in [2.05, 4.69) is 10.3 Å². The standard InChI is InChI=1S/C21H20F3N3O4/c1-4-15(19(28)26-14-11-12(30-2)9-10-17(14)31-3)27-16-8-6-5-7-13(16)25-18(20(27)29)21(22,23)24/h5-11,15H,4H2,1-3H3,(H,26,28)/t15-/m1/s1. The molecule has 0 spiro atoms. The van der Waals surface area contributed by atoms with Crippen molar-refractivity contribution in [2.45, 2.75) is 25.6 Å². The molecule has 2 aromatic carbocycles. The molecule has 1 amide bonds. The van der Waals surface area contributed by atoms with Crippen LogP contribution in [-0.4, -0.2) is 29.7 Å². The van der Waals surface area contributed by atoms with Gasteiger partial charge in [0.2, 0.25) is 11.6 Å². The SMILES string of the molecule is CC[C@H](C(=O)Nc1cc(OC)ccc1OC)n1c(=O)c(C(F)(F)F)nc2ccccc21. The molecule has 7 nitrogen and oxygen atoms in total. The van der Waals surface area contributed by atoms with Crippen LogP contribution in [0.25, 0.3) is 11.0 Å². The Labute approximate surface area is 175 Å². The van der Waals surface area contributed by atoms with Crippen LogP contribution in [0.2, 0.25) is 0 Å². The molecule has 0 bridgehead atoms. The monoisotopic (exact) mass is 435 g/mol. The van der Waals surface area contributed by atoms with Crippen molar-refractivity contribution in [3.8, 4) is 11.5 Å². The van der Waals surface area contributed by atoms with Crippen molar-refractivity contribution in [1.29, 1.82) is 0 Å². The molecule has 3 aromatic rings. The summed E-state index contributed by atoms with van der Waals surface area (Å²) < 4.78 is 51.5. The summed E-state index contributed by atoms with van der Waals surface area (Å²) in [7, 11) is 2.86. The summed E-state index contributed by atoms with van der Waals surface area (Å²) in [5.41, 5.74) is -2.62. The summed E-state index contributed by atoms with van der Waals surface area (Å²) in [6.45, 7) is 1.60. The number of halogens is 3. The number of hydrogen-bond donors (Lipinski definition) is 1. The second-order valence-corrected chi connectivity index (χ2v) is 6.60. The summed E-state index contributed by atoms with van der Waals surface area (Å²) >= 11 is 0. The minimum atomic E-state index is -4.96. The number of para-hydroxylation sites is 2. The molecule has 0 unspecified atom stereocenters. The van der Waals surface area contributed by atoms with Crippen molar-refractivity contribution in [3.63, 3.8) is 0 Å². The number of nitrogens with zero attached hydrogens (tertiary/aromatic N) is 2. The molecular formula is C21H20F3N3O4. The molecule has 31 heavy (non-hydrogen) atoms. The number of alkyl halides is 3. The number of carbonyl (C=O) groups excluding carboxylic acids is 1. The fourth-order valence-corrected chi connectivity index (χ4v) is 3.26. The van der Waals surface area contributed by atoms with Gasteiger partial charge in [-0.2, -0.15) is 13.2 Å². The molecule has 0 radical (unpaired) electrons. The predicted molar refractivity (Wildman–Crippen MR) is 109 cm³/mol. The third-order valence-electron chi connectivity index (χ3n) is 4.73. The molecule has 0 saturated heterocycles. The number of benzene rings is 2. The van der Waals surface area contributed by atoms with E-state index >= 15 is 0 Å². The van der Waals surface area contributed by atoms with Gasteiger partial charge in [0.05, 0.1) is 30.9 Å². The quantitative estimate of drug-likeness (QED) is 0.632. The highest BCUT2D eigenvalue weighted by Gasteiger charge is 2.38. The van der Waals surface area contributed by atoms with Gasteiger partial charge in [0.1, 0.15) is 17.5 Å². The number of anilines is 1. The van der Waals surface area contributed by atoms with E-state index in [1.165, 1.54) is 38.5 Å². The lowest BCUT2D eigenvalue weighted by molar-refractivity contribution is -0.142. The Bertz CT molecular complexity index is 1170. The van der Waals surface area contributed by atoms with E-state index in [-0.39, 0.29) is 23.1 Å². The highest BCUT2D eigenvalue weighted by Crippen LogP contribution is 2.31. The van der Waals surface area contributed by atoms with Crippen molar-refractivity contribution in [1.82, 2.24) is 9.55 Å². The zero-order valence-corrected chi connectivity index (χ0v) is 17.0. The van der Waals surface area contributed by atoms with Gasteiger partial charge in [0, 0.05) is 6.07 Å². The van der Waals surface area contributed by atoms with Crippen LogP contribution >= 0.6 is 0 Å². The highest BCUT2D eigenvalue weighted by atomic mass is 19.4. The average Bonchev–Trinajstić information content (AvgIpc) is 2.74. The van der Waals surface area contributed by atoms with E-state index in [1.54, 1.807) is 25.1 Å². The largest absolute Gasteiger partial charge is 0.497 e. The van der Waals surface area contributed by atoms with E-state index in [0.717, 1.165) is 4.57 Å². The van der Waals surface area contributed by atoms with Crippen molar-refractivity contribution in [2.75, 3.05) is 19.5 Å². The van der Waals surface area contributed by atoms with Crippen LogP contribution in [0.3, 0.4) is 0 Å². The highest BCUT2D eigenvalue weighted by molar-refractivity contribution is 5.96. The predicted octanol–water partition coefficient (Wildman–Crippen LogP) is 4.02. The van der Waals surface area contributed by atoms with Crippen molar-refractivity contribution >= 4 is 22.6 Å². The van der Waals surface area contributed by atoms with Crippen LogP contribution in [0.5, 0.6) is 11.5 Å². The minimum Gasteiger partial charge on any atom is -0.497 e. The number of fused-ring (bicyclic) bond motifs is 1. The van der Waals surface area contributed by atoms with Crippen LogP contribution in [0, 0.1) is 0 Å². The number of hydrogen-bond acceptors (Lipinski definition) is 5. The topological polar surface area (TPSA) is 82.5 Å². The number of amides is 1. The fourth-order valence-electron chi connectivity index (χ4n) is 3.26. The lowest BCUT2D eigenvalue weighted by Crippen LogP contribution is -2.37. The Morgan fingerprint density at radius 1 is 1.16 bits per heavy atom. The Hall–Kier alpha value is -3.56. The second-order valence-electron chi connectivity index (χ2n) is 6.60. The normalized spacial score (nSPS) is 12.5. The van der Waals surface area contributed by atoms with Gasteiger partial charge in [-0.25, -0.2) is 4.98 Å². The third kappa shape index (κ3) is 4.32. The molecule has 164 valence electrons. The van der Waals surface area contributed by atoms with Crippen LogP contribution in [0.15, 0.2) is 47.3 Å².